The Balaban J connectivity index is 2.16. The van der Waals surface area contributed by atoms with E-state index in [2.05, 4.69) is 22.5 Å². The lowest BCUT2D eigenvalue weighted by Crippen LogP contribution is -2.03. The highest BCUT2D eigenvalue weighted by molar-refractivity contribution is 9.10. The Morgan fingerprint density at radius 3 is 1.61 bits per heavy atom. The zero-order valence-electron chi connectivity index (χ0n) is 17.9. The van der Waals surface area contributed by atoms with Crippen LogP contribution in [-0.2, 0) is 0 Å². The van der Waals surface area contributed by atoms with E-state index in [1.807, 2.05) is 62.4 Å². The Labute approximate surface area is 200 Å². The van der Waals surface area contributed by atoms with E-state index < -0.39 is 17.5 Å². The molecule has 4 aromatic carbocycles. The van der Waals surface area contributed by atoms with Crippen LogP contribution in [0.1, 0.15) is 27.8 Å². The number of halogens is 4. The zero-order chi connectivity index (χ0) is 23.5. The molecule has 0 spiro atoms. The highest BCUT2D eigenvalue weighted by Crippen LogP contribution is 2.38. The molecule has 0 nitrogen and oxygen atoms in total. The molecule has 0 aliphatic rings. The van der Waals surface area contributed by atoms with Crippen molar-refractivity contribution in [2.45, 2.75) is 0 Å². The zero-order valence-corrected chi connectivity index (χ0v) is 19.5. The van der Waals surface area contributed by atoms with E-state index in [4.69, 9.17) is 0 Å². The Hall–Kier alpha value is -3.31. The van der Waals surface area contributed by atoms with Crippen LogP contribution in [-0.4, -0.2) is 7.85 Å². The fourth-order valence-electron chi connectivity index (χ4n) is 3.82. The normalized spacial score (nSPS) is 11.8. The molecular weight excluding hydrogens is 484 g/mol. The molecule has 0 aromatic heterocycles. The molecule has 0 amide bonds. The van der Waals surface area contributed by atoms with E-state index in [1.54, 1.807) is 6.08 Å². The lowest BCUT2D eigenvalue weighted by Gasteiger charge is -2.19. The van der Waals surface area contributed by atoms with Gasteiger partial charge in [0, 0.05) is 10.5 Å². The third kappa shape index (κ3) is 5.20. The molecule has 0 bridgehead atoms. The van der Waals surface area contributed by atoms with Crippen LogP contribution in [0.25, 0.3) is 17.2 Å². The highest BCUT2D eigenvalue weighted by atomic mass is 79.9. The number of rotatable bonds is 5. The van der Waals surface area contributed by atoms with Gasteiger partial charge < -0.3 is 0 Å². The van der Waals surface area contributed by atoms with Crippen molar-refractivity contribution in [1.82, 2.24) is 0 Å². The monoisotopic (exact) mass is 502 g/mol. The number of hydrogen-bond acceptors (Lipinski definition) is 0. The lowest BCUT2D eigenvalue weighted by atomic mass is 9.84. The van der Waals surface area contributed by atoms with Crippen molar-refractivity contribution in [3.8, 4) is 0 Å². The van der Waals surface area contributed by atoms with Gasteiger partial charge in [0.15, 0.2) is 0 Å². The second-order valence-electron chi connectivity index (χ2n) is 7.76. The van der Waals surface area contributed by atoms with Crippen molar-refractivity contribution in [3.05, 3.63) is 141 Å². The first-order valence-corrected chi connectivity index (χ1v) is 11.1. The van der Waals surface area contributed by atoms with Crippen LogP contribution in [0.3, 0.4) is 0 Å². The van der Waals surface area contributed by atoms with Gasteiger partial charge in [-0.1, -0.05) is 70.4 Å². The van der Waals surface area contributed by atoms with E-state index in [1.165, 1.54) is 24.3 Å². The molecule has 4 rings (SSSR count). The molecule has 0 fully saturated rings. The SMILES string of the molecule is Bc1ccc(/C(=C(/c2ccc(Br)cc2)c2cc(F)cc(C=C)c2)c2cc(F)cc(F)c2)cc1. The fourth-order valence-corrected chi connectivity index (χ4v) is 4.08. The highest BCUT2D eigenvalue weighted by Gasteiger charge is 2.19. The predicted octanol–water partition coefficient (Wildman–Crippen LogP) is 6.78. The summed E-state index contributed by atoms with van der Waals surface area (Å²) in [6, 6.07) is 23.3. The number of benzene rings is 4. The quantitative estimate of drug-likeness (QED) is 0.208. The molecule has 0 heterocycles. The maximum atomic E-state index is 14.6. The van der Waals surface area contributed by atoms with Gasteiger partial charge in [0.05, 0.1) is 0 Å². The smallest absolute Gasteiger partial charge is 0.139 e. The van der Waals surface area contributed by atoms with E-state index in [0.29, 0.717) is 27.8 Å². The summed E-state index contributed by atoms with van der Waals surface area (Å²) >= 11 is 3.45. The summed E-state index contributed by atoms with van der Waals surface area (Å²) in [6.07, 6.45) is 1.57. The molecule has 0 saturated heterocycles. The van der Waals surface area contributed by atoms with E-state index >= 15 is 0 Å². The van der Waals surface area contributed by atoms with Crippen molar-refractivity contribution < 1.29 is 13.2 Å². The summed E-state index contributed by atoms with van der Waals surface area (Å²) in [7, 11) is 1.97. The fraction of sp³-hybridized carbons (Fsp3) is 0. The maximum absolute atomic E-state index is 14.6. The van der Waals surface area contributed by atoms with Crippen molar-refractivity contribution in [3.63, 3.8) is 0 Å². The molecule has 162 valence electrons. The Kier molecular flexibility index (Phi) is 6.71. The summed E-state index contributed by atoms with van der Waals surface area (Å²) in [5.74, 6) is -1.79. The topological polar surface area (TPSA) is 0 Å². The molecule has 33 heavy (non-hydrogen) atoms. The van der Waals surface area contributed by atoms with Crippen molar-refractivity contribution in [2.24, 2.45) is 0 Å². The average molecular weight is 503 g/mol. The first-order valence-electron chi connectivity index (χ1n) is 10.3. The van der Waals surface area contributed by atoms with Gasteiger partial charge in [0.1, 0.15) is 25.3 Å². The van der Waals surface area contributed by atoms with Gasteiger partial charge in [0.2, 0.25) is 0 Å². The van der Waals surface area contributed by atoms with Gasteiger partial charge in [-0.15, -0.1) is 0 Å². The summed E-state index contributed by atoms with van der Waals surface area (Å²) in [5.41, 5.74) is 5.37. The van der Waals surface area contributed by atoms with Gasteiger partial charge >= 0.3 is 0 Å². The van der Waals surface area contributed by atoms with Crippen molar-refractivity contribution in [2.75, 3.05) is 0 Å². The third-order valence-corrected chi connectivity index (χ3v) is 5.85. The van der Waals surface area contributed by atoms with Crippen LogP contribution < -0.4 is 5.46 Å². The molecule has 0 saturated carbocycles. The first kappa shape index (κ1) is 22.9. The maximum Gasteiger partial charge on any atom is 0.139 e. The minimum Gasteiger partial charge on any atom is -0.207 e. The second-order valence-corrected chi connectivity index (χ2v) is 8.67. The molecule has 0 unspecified atom stereocenters. The number of hydrogen-bond donors (Lipinski definition) is 0. The minimum absolute atomic E-state index is 0.360. The van der Waals surface area contributed by atoms with Crippen molar-refractivity contribution in [1.29, 1.82) is 0 Å². The van der Waals surface area contributed by atoms with Crippen LogP contribution in [0.4, 0.5) is 13.2 Å². The van der Waals surface area contributed by atoms with Crippen LogP contribution in [0, 0.1) is 17.5 Å². The Morgan fingerprint density at radius 2 is 1.09 bits per heavy atom. The molecule has 4 aromatic rings. The van der Waals surface area contributed by atoms with Crippen LogP contribution in [0.15, 0.2) is 96.0 Å². The summed E-state index contributed by atoms with van der Waals surface area (Å²) in [6.45, 7) is 3.76. The summed E-state index contributed by atoms with van der Waals surface area (Å²) in [5, 5.41) is 0. The molecule has 5 heteroatoms. The second kappa shape index (κ2) is 9.68. The van der Waals surface area contributed by atoms with Crippen LogP contribution >= 0.6 is 15.9 Å². The van der Waals surface area contributed by atoms with E-state index in [-0.39, 0.29) is 0 Å². The molecule has 0 atom stereocenters. The Bertz CT molecular complexity index is 1340. The molecular formula is C28H19BBrF3. The van der Waals surface area contributed by atoms with Gasteiger partial charge in [-0.3, -0.25) is 0 Å². The van der Waals surface area contributed by atoms with Crippen LogP contribution in [0.5, 0.6) is 0 Å². The van der Waals surface area contributed by atoms with Crippen molar-refractivity contribution >= 4 is 46.5 Å². The Morgan fingerprint density at radius 1 is 0.636 bits per heavy atom. The van der Waals surface area contributed by atoms with Gasteiger partial charge in [-0.25, -0.2) is 13.2 Å². The summed E-state index contributed by atoms with van der Waals surface area (Å²) < 4.78 is 44.1. The van der Waals surface area contributed by atoms with E-state index in [9.17, 15) is 13.2 Å². The van der Waals surface area contributed by atoms with Gasteiger partial charge in [0.25, 0.3) is 0 Å². The average Bonchev–Trinajstić information content (AvgIpc) is 2.78. The van der Waals surface area contributed by atoms with Crippen LogP contribution in [0.2, 0.25) is 0 Å². The first-order chi connectivity index (χ1) is 15.8. The molecule has 0 aliphatic heterocycles. The molecule has 0 radical (unpaired) electrons. The molecule has 0 N–H and O–H groups in total. The summed E-state index contributed by atoms with van der Waals surface area (Å²) in [4.78, 5) is 0. The largest absolute Gasteiger partial charge is 0.207 e. The molecule has 0 aliphatic carbocycles. The van der Waals surface area contributed by atoms with E-state index in [0.717, 1.165) is 27.1 Å². The predicted molar refractivity (Wildman–Crippen MR) is 137 cm³/mol. The lowest BCUT2D eigenvalue weighted by molar-refractivity contribution is 0.582. The third-order valence-electron chi connectivity index (χ3n) is 5.32. The van der Waals surface area contributed by atoms with Gasteiger partial charge in [-0.2, -0.15) is 0 Å². The standard InChI is InChI=1S/C28H19BBrF3/c1-2-17-11-20(13-24(31)12-17)27(19-5-9-23(30)10-6-19)28(18-3-7-22(29)8-4-18)21-14-25(32)16-26(33)15-21/h2-16H,1,29H2/b28-27+. The minimum atomic E-state index is -0.684. The van der Waals surface area contributed by atoms with Gasteiger partial charge in [-0.05, 0) is 81.4 Å².